The third-order valence-corrected chi connectivity index (χ3v) is 10.3. The highest BCUT2D eigenvalue weighted by Gasteiger charge is 2.37. The molecule has 0 radical (unpaired) electrons. The summed E-state index contributed by atoms with van der Waals surface area (Å²) in [5.74, 6) is 0. The SMILES string of the molecule is CCCCCCCCCC[N+](C)(CCCCCCCCCC)CCCC[Si](OC)(OC)OC. The summed E-state index contributed by atoms with van der Waals surface area (Å²) in [6.45, 7) is 8.55. The fraction of sp³-hybridized carbons (Fsp3) is 1.00. The van der Waals surface area contributed by atoms with Crippen LogP contribution in [0, 0.1) is 0 Å². The summed E-state index contributed by atoms with van der Waals surface area (Å²) in [5, 5.41) is 0. The molecule has 0 aliphatic carbocycles. The van der Waals surface area contributed by atoms with Gasteiger partial charge in [0.1, 0.15) is 0 Å². The topological polar surface area (TPSA) is 27.7 Å². The molecule has 0 amide bonds. The minimum atomic E-state index is -2.42. The van der Waals surface area contributed by atoms with Crippen molar-refractivity contribution >= 4 is 8.80 Å². The van der Waals surface area contributed by atoms with Crippen LogP contribution in [0.1, 0.15) is 129 Å². The molecule has 0 aromatic heterocycles. The molecule has 4 nitrogen and oxygen atoms in total. The Morgan fingerprint density at radius 3 is 1.09 bits per heavy atom. The van der Waals surface area contributed by atoms with E-state index >= 15 is 0 Å². The van der Waals surface area contributed by atoms with Gasteiger partial charge in [0.2, 0.25) is 0 Å². The van der Waals surface area contributed by atoms with E-state index in [1.54, 1.807) is 21.3 Å². The fourth-order valence-corrected chi connectivity index (χ4v) is 6.78. The highest BCUT2D eigenvalue weighted by atomic mass is 28.4. The standard InChI is InChI=1S/C28H62NO3Si/c1-7-9-11-13-15-17-19-21-25-29(3,26-22-20-18-16-14-12-10-8-2)27-23-24-28-33(30-4,31-5)32-6/h7-28H2,1-6H3/q+1. The van der Waals surface area contributed by atoms with E-state index in [-0.39, 0.29) is 0 Å². The maximum atomic E-state index is 5.61. The first-order chi connectivity index (χ1) is 16.0. The van der Waals surface area contributed by atoms with Gasteiger partial charge >= 0.3 is 8.80 Å². The van der Waals surface area contributed by atoms with Gasteiger partial charge in [-0.2, -0.15) is 0 Å². The van der Waals surface area contributed by atoms with Crippen molar-refractivity contribution in [2.24, 2.45) is 0 Å². The zero-order chi connectivity index (χ0) is 24.7. The summed E-state index contributed by atoms with van der Waals surface area (Å²) in [5.41, 5.74) is 0. The smallest absolute Gasteiger partial charge is 0.377 e. The van der Waals surface area contributed by atoms with Crippen molar-refractivity contribution in [2.45, 2.75) is 135 Å². The first kappa shape index (κ1) is 33.1. The molecule has 5 heteroatoms. The van der Waals surface area contributed by atoms with Gasteiger partial charge in [-0.05, 0) is 38.5 Å². The van der Waals surface area contributed by atoms with Crippen LogP contribution >= 0.6 is 0 Å². The Balaban J connectivity index is 4.34. The minimum Gasteiger partial charge on any atom is -0.377 e. The van der Waals surface area contributed by atoms with Crippen LogP contribution in [0.25, 0.3) is 0 Å². The van der Waals surface area contributed by atoms with Crippen molar-refractivity contribution in [1.82, 2.24) is 0 Å². The maximum Gasteiger partial charge on any atom is 0.500 e. The van der Waals surface area contributed by atoms with Crippen LogP contribution in [0.4, 0.5) is 0 Å². The van der Waals surface area contributed by atoms with Gasteiger partial charge in [0.05, 0.1) is 26.7 Å². The van der Waals surface area contributed by atoms with Crippen molar-refractivity contribution in [3.63, 3.8) is 0 Å². The first-order valence-electron chi connectivity index (χ1n) is 14.5. The summed E-state index contributed by atoms with van der Waals surface area (Å²) >= 11 is 0. The maximum absolute atomic E-state index is 5.61. The Bertz CT molecular complexity index is 376. The fourth-order valence-electron chi connectivity index (χ4n) is 4.98. The number of quaternary nitrogens is 1. The molecule has 0 rings (SSSR count). The third-order valence-electron chi connectivity index (χ3n) is 7.47. The molecule has 0 bridgehead atoms. The van der Waals surface area contributed by atoms with E-state index in [9.17, 15) is 0 Å². The van der Waals surface area contributed by atoms with Crippen LogP contribution in [-0.2, 0) is 13.3 Å². The van der Waals surface area contributed by atoms with Crippen LogP contribution in [0.5, 0.6) is 0 Å². The molecule has 0 heterocycles. The predicted molar refractivity (Wildman–Crippen MR) is 147 cm³/mol. The second kappa shape index (κ2) is 22.5. The van der Waals surface area contributed by atoms with Crippen LogP contribution in [0.3, 0.4) is 0 Å². The van der Waals surface area contributed by atoms with E-state index in [1.165, 1.54) is 133 Å². The van der Waals surface area contributed by atoms with Gasteiger partial charge in [-0.1, -0.05) is 90.9 Å². The van der Waals surface area contributed by atoms with Crippen LogP contribution in [0.2, 0.25) is 6.04 Å². The zero-order valence-corrected chi connectivity index (χ0v) is 24.7. The van der Waals surface area contributed by atoms with E-state index in [2.05, 4.69) is 20.9 Å². The minimum absolute atomic E-state index is 0.923. The molecular formula is C28H62NO3Si+. The summed E-state index contributed by atoms with van der Waals surface area (Å²) in [7, 11) is 5.27. The molecule has 0 N–H and O–H groups in total. The van der Waals surface area contributed by atoms with Gasteiger partial charge < -0.3 is 17.8 Å². The van der Waals surface area contributed by atoms with E-state index < -0.39 is 8.80 Å². The lowest BCUT2D eigenvalue weighted by atomic mass is 10.1. The largest absolute Gasteiger partial charge is 0.500 e. The molecular weight excluding hydrogens is 426 g/mol. The molecule has 0 aromatic carbocycles. The monoisotopic (exact) mass is 488 g/mol. The quantitative estimate of drug-likeness (QED) is 0.0695. The molecule has 0 aliphatic heterocycles. The molecule has 0 atom stereocenters. The van der Waals surface area contributed by atoms with E-state index in [4.69, 9.17) is 13.3 Å². The summed E-state index contributed by atoms with van der Waals surface area (Å²) in [4.78, 5) is 0. The third kappa shape index (κ3) is 18.0. The second-order valence-electron chi connectivity index (χ2n) is 10.5. The predicted octanol–water partition coefficient (Wildman–Crippen LogP) is 8.37. The number of hydrogen-bond donors (Lipinski definition) is 0. The lowest BCUT2D eigenvalue weighted by Crippen LogP contribution is -2.47. The highest BCUT2D eigenvalue weighted by molar-refractivity contribution is 6.60. The number of rotatable bonds is 26. The first-order valence-corrected chi connectivity index (χ1v) is 16.4. The number of nitrogens with zero attached hydrogens (tertiary/aromatic N) is 1. The summed E-state index contributed by atoms with van der Waals surface area (Å²) < 4.78 is 18.1. The van der Waals surface area contributed by atoms with Gasteiger partial charge in [-0.15, -0.1) is 0 Å². The van der Waals surface area contributed by atoms with Crippen molar-refractivity contribution in [1.29, 1.82) is 0 Å². The van der Waals surface area contributed by atoms with Gasteiger partial charge in [0, 0.05) is 27.4 Å². The zero-order valence-electron chi connectivity index (χ0n) is 23.7. The highest BCUT2D eigenvalue weighted by Crippen LogP contribution is 2.19. The van der Waals surface area contributed by atoms with Crippen LogP contribution < -0.4 is 0 Å². The molecule has 0 saturated heterocycles. The van der Waals surface area contributed by atoms with Gasteiger partial charge in [0.15, 0.2) is 0 Å². The molecule has 0 spiro atoms. The summed E-state index contributed by atoms with van der Waals surface area (Å²) in [6.07, 6.45) is 24.9. The molecule has 0 aromatic rings. The van der Waals surface area contributed by atoms with E-state index in [1.807, 2.05) is 0 Å². The normalized spacial score (nSPS) is 12.5. The van der Waals surface area contributed by atoms with Crippen LogP contribution in [-0.4, -0.2) is 61.3 Å². The number of hydrogen-bond acceptors (Lipinski definition) is 3. The Hall–Kier alpha value is 0.0569. The molecule has 0 unspecified atom stereocenters. The average molecular weight is 489 g/mol. The van der Waals surface area contributed by atoms with Gasteiger partial charge in [-0.3, -0.25) is 0 Å². The Morgan fingerprint density at radius 1 is 0.455 bits per heavy atom. The Labute approximate surface area is 210 Å². The molecule has 0 fully saturated rings. The second-order valence-corrected chi connectivity index (χ2v) is 13.6. The number of unbranched alkanes of at least 4 members (excludes halogenated alkanes) is 15. The van der Waals surface area contributed by atoms with Gasteiger partial charge in [0.25, 0.3) is 0 Å². The molecule has 0 aliphatic rings. The lowest BCUT2D eigenvalue weighted by molar-refractivity contribution is -0.910. The Kier molecular flexibility index (Phi) is 22.6. The van der Waals surface area contributed by atoms with E-state index in [0.717, 1.165) is 12.5 Å². The van der Waals surface area contributed by atoms with Crippen molar-refractivity contribution in [2.75, 3.05) is 48.0 Å². The van der Waals surface area contributed by atoms with Crippen molar-refractivity contribution < 1.29 is 17.8 Å². The average Bonchev–Trinajstić information content (AvgIpc) is 2.83. The molecule has 33 heavy (non-hydrogen) atoms. The van der Waals surface area contributed by atoms with Crippen molar-refractivity contribution in [3.05, 3.63) is 0 Å². The van der Waals surface area contributed by atoms with Crippen LogP contribution in [0.15, 0.2) is 0 Å². The van der Waals surface area contributed by atoms with E-state index in [0.29, 0.717) is 0 Å². The lowest BCUT2D eigenvalue weighted by Gasteiger charge is -2.35. The Morgan fingerprint density at radius 2 is 0.758 bits per heavy atom. The summed E-state index contributed by atoms with van der Waals surface area (Å²) in [6, 6.07) is 0.923. The molecule has 0 saturated carbocycles. The molecule has 200 valence electrons. The van der Waals surface area contributed by atoms with Gasteiger partial charge in [-0.25, -0.2) is 0 Å². The van der Waals surface area contributed by atoms with Crippen molar-refractivity contribution in [3.8, 4) is 0 Å².